The van der Waals surface area contributed by atoms with Gasteiger partial charge in [-0.25, -0.2) is 9.37 Å². The number of aryl methyl sites for hydroxylation is 1. The first-order valence-corrected chi connectivity index (χ1v) is 5.87. The first kappa shape index (κ1) is 10.6. The minimum atomic E-state index is -0.278. The van der Waals surface area contributed by atoms with E-state index in [1.807, 2.05) is 6.92 Å². The molecule has 0 saturated heterocycles. The normalized spacial score (nSPS) is 10.6. The third-order valence-electron chi connectivity index (χ3n) is 2.01. The fourth-order valence-electron chi connectivity index (χ4n) is 1.33. The van der Waals surface area contributed by atoms with Crippen molar-refractivity contribution in [3.8, 4) is 11.3 Å². The van der Waals surface area contributed by atoms with Gasteiger partial charge in [-0.05, 0) is 41.1 Å². The second-order valence-corrected chi connectivity index (χ2v) is 5.17. The van der Waals surface area contributed by atoms with Gasteiger partial charge in [0.15, 0.2) is 5.13 Å². The van der Waals surface area contributed by atoms with Crippen LogP contribution >= 0.6 is 27.3 Å². The van der Waals surface area contributed by atoms with Crippen LogP contribution < -0.4 is 5.73 Å². The lowest BCUT2D eigenvalue weighted by molar-refractivity contribution is 0.621. The van der Waals surface area contributed by atoms with Gasteiger partial charge in [0.05, 0.1) is 10.2 Å². The molecule has 2 N–H and O–H groups in total. The molecule has 5 heteroatoms. The van der Waals surface area contributed by atoms with Crippen molar-refractivity contribution in [3.05, 3.63) is 33.4 Å². The van der Waals surface area contributed by atoms with Gasteiger partial charge in [-0.3, -0.25) is 0 Å². The van der Waals surface area contributed by atoms with Gasteiger partial charge in [0.25, 0.3) is 0 Å². The molecule has 1 aromatic carbocycles. The summed E-state index contributed by atoms with van der Waals surface area (Å²) in [5, 5.41) is 0.531. The van der Waals surface area contributed by atoms with Crippen molar-refractivity contribution < 1.29 is 4.39 Å². The molecule has 0 aliphatic heterocycles. The van der Waals surface area contributed by atoms with Gasteiger partial charge in [-0.15, -0.1) is 11.3 Å². The number of aromatic nitrogens is 1. The maximum atomic E-state index is 13.0. The van der Waals surface area contributed by atoms with Gasteiger partial charge in [0.1, 0.15) is 5.82 Å². The smallest absolute Gasteiger partial charge is 0.180 e. The maximum Gasteiger partial charge on any atom is 0.180 e. The summed E-state index contributed by atoms with van der Waals surface area (Å²) in [5.74, 6) is -0.278. The fourth-order valence-corrected chi connectivity index (χ4v) is 2.42. The summed E-state index contributed by atoms with van der Waals surface area (Å²) in [6.45, 7) is 1.95. The lowest BCUT2D eigenvalue weighted by Gasteiger charge is -2.00. The molecule has 1 heterocycles. The molecule has 0 unspecified atom stereocenters. The van der Waals surface area contributed by atoms with E-state index in [0.717, 1.165) is 16.1 Å². The van der Waals surface area contributed by atoms with E-state index in [9.17, 15) is 4.39 Å². The molecule has 0 fully saturated rings. The Morgan fingerprint density at radius 3 is 2.73 bits per heavy atom. The maximum absolute atomic E-state index is 13.0. The van der Waals surface area contributed by atoms with Crippen molar-refractivity contribution >= 4 is 32.4 Å². The predicted molar refractivity (Wildman–Crippen MR) is 64.4 cm³/mol. The Hall–Kier alpha value is -0.940. The monoisotopic (exact) mass is 286 g/mol. The van der Waals surface area contributed by atoms with Gasteiger partial charge >= 0.3 is 0 Å². The van der Waals surface area contributed by atoms with E-state index in [2.05, 4.69) is 20.9 Å². The van der Waals surface area contributed by atoms with Crippen LogP contribution in [-0.4, -0.2) is 4.98 Å². The molecule has 2 aromatic rings. The molecule has 0 radical (unpaired) electrons. The van der Waals surface area contributed by atoms with Crippen molar-refractivity contribution in [1.29, 1.82) is 0 Å². The number of rotatable bonds is 1. The highest BCUT2D eigenvalue weighted by molar-refractivity contribution is 9.10. The molecular weight excluding hydrogens is 279 g/mol. The summed E-state index contributed by atoms with van der Waals surface area (Å²) in [6.07, 6.45) is 0. The summed E-state index contributed by atoms with van der Waals surface area (Å²) in [4.78, 5) is 5.24. The van der Waals surface area contributed by atoms with Crippen molar-refractivity contribution in [2.75, 3.05) is 5.73 Å². The lowest BCUT2D eigenvalue weighted by Crippen LogP contribution is -1.85. The van der Waals surface area contributed by atoms with Crippen LogP contribution in [-0.2, 0) is 0 Å². The summed E-state index contributed by atoms with van der Waals surface area (Å²) in [6, 6.07) is 4.81. The van der Waals surface area contributed by atoms with Gasteiger partial charge in [-0.1, -0.05) is 0 Å². The molecule has 2 rings (SSSR count). The van der Waals surface area contributed by atoms with E-state index in [1.54, 1.807) is 12.1 Å². The Kier molecular flexibility index (Phi) is 2.75. The fraction of sp³-hybridized carbons (Fsp3) is 0.100. The van der Waals surface area contributed by atoms with E-state index in [4.69, 9.17) is 5.73 Å². The topological polar surface area (TPSA) is 38.9 Å². The largest absolute Gasteiger partial charge is 0.375 e. The Labute approximate surface area is 99.1 Å². The number of halogens is 2. The summed E-state index contributed by atoms with van der Waals surface area (Å²) < 4.78 is 13.5. The lowest BCUT2D eigenvalue weighted by atomic mass is 10.1. The Morgan fingerprint density at radius 2 is 2.20 bits per heavy atom. The van der Waals surface area contributed by atoms with Crippen LogP contribution in [0.25, 0.3) is 11.3 Å². The molecule has 0 amide bonds. The van der Waals surface area contributed by atoms with E-state index in [-0.39, 0.29) is 5.82 Å². The number of nitrogens with zero attached hydrogens (tertiary/aromatic N) is 1. The molecule has 2 nitrogen and oxygen atoms in total. The molecule has 0 saturated carbocycles. The van der Waals surface area contributed by atoms with Crippen LogP contribution in [0.2, 0.25) is 0 Å². The number of thiazole rings is 1. The second-order valence-electron chi connectivity index (χ2n) is 3.09. The highest BCUT2D eigenvalue weighted by Gasteiger charge is 2.09. The molecule has 15 heavy (non-hydrogen) atoms. The van der Waals surface area contributed by atoms with Crippen LogP contribution in [0.4, 0.5) is 9.52 Å². The minimum absolute atomic E-state index is 0.278. The zero-order chi connectivity index (χ0) is 11.0. The molecule has 78 valence electrons. The average molecular weight is 287 g/mol. The Balaban J connectivity index is 2.54. The van der Waals surface area contributed by atoms with Crippen LogP contribution in [0.3, 0.4) is 0 Å². The van der Waals surface area contributed by atoms with Crippen molar-refractivity contribution in [2.45, 2.75) is 6.92 Å². The van der Waals surface area contributed by atoms with E-state index in [0.29, 0.717) is 9.60 Å². The number of benzene rings is 1. The molecule has 0 spiro atoms. The van der Waals surface area contributed by atoms with E-state index in [1.165, 1.54) is 17.4 Å². The molecule has 0 bridgehead atoms. The number of nitrogen functional groups attached to an aromatic ring is 1. The number of hydrogen-bond donors (Lipinski definition) is 1. The average Bonchev–Trinajstić information content (AvgIpc) is 2.50. The second kappa shape index (κ2) is 3.90. The zero-order valence-electron chi connectivity index (χ0n) is 7.92. The van der Waals surface area contributed by atoms with E-state index >= 15 is 0 Å². The first-order chi connectivity index (χ1) is 7.08. The predicted octanol–water partition coefficient (Wildman–Crippen LogP) is 3.60. The molecular formula is C10H8BrFN2S. The van der Waals surface area contributed by atoms with Gasteiger partial charge < -0.3 is 5.73 Å². The highest BCUT2D eigenvalue weighted by atomic mass is 79.9. The standard InChI is InChI=1S/C10H8BrFN2S/c1-5-9(14-10(13)15-5)6-2-3-8(12)7(11)4-6/h2-4H,1H3,(H2,13,14). The molecule has 0 aliphatic rings. The SMILES string of the molecule is Cc1sc(N)nc1-c1ccc(F)c(Br)c1. The first-order valence-electron chi connectivity index (χ1n) is 4.26. The number of anilines is 1. The summed E-state index contributed by atoms with van der Waals surface area (Å²) in [7, 11) is 0. The molecule has 0 aliphatic carbocycles. The summed E-state index contributed by atoms with van der Waals surface area (Å²) in [5.41, 5.74) is 7.29. The van der Waals surface area contributed by atoms with Crippen LogP contribution in [0.15, 0.2) is 22.7 Å². The quantitative estimate of drug-likeness (QED) is 0.870. The zero-order valence-corrected chi connectivity index (χ0v) is 10.3. The minimum Gasteiger partial charge on any atom is -0.375 e. The third-order valence-corrected chi connectivity index (χ3v) is 3.41. The Bertz CT molecular complexity index is 510. The van der Waals surface area contributed by atoms with Crippen molar-refractivity contribution in [2.24, 2.45) is 0 Å². The number of hydrogen-bond acceptors (Lipinski definition) is 3. The van der Waals surface area contributed by atoms with Gasteiger partial charge in [0.2, 0.25) is 0 Å². The van der Waals surface area contributed by atoms with Gasteiger partial charge in [-0.2, -0.15) is 0 Å². The molecule has 0 atom stereocenters. The van der Waals surface area contributed by atoms with Crippen molar-refractivity contribution in [1.82, 2.24) is 4.98 Å². The third kappa shape index (κ3) is 2.03. The van der Waals surface area contributed by atoms with Gasteiger partial charge in [0, 0.05) is 10.4 Å². The Morgan fingerprint density at radius 1 is 1.47 bits per heavy atom. The highest BCUT2D eigenvalue weighted by Crippen LogP contribution is 2.30. The summed E-state index contributed by atoms with van der Waals surface area (Å²) >= 11 is 4.58. The van der Waals surface area contributed by atoms with Crippen molar-refractivity contribution in [3.63, 3.8) is 0 Å². The number of nitrogens with two attached hydrogens (primary N) is 1. The van der Waals surface area contributed by atoms with Crippen LogP contribution in [0.1, 0.15) is 4.88 Å². The van der Waals surface area contributed by atoms with Crippen LogP contribution in [0, 0.1) is 12.7 Å². The van der Waals surface area contributed by atoms with E-state index < -0.39 is 0 Å². The molecule has 1 aromatic heterocycles. The van der Waals surface area contributed by atoms with Crippen LogP contribution in [0.5, 0.6) is 0 Å².